The van der Waals surface area contributed by atoms with E-state index in [1.54, 1.807) is 0 Å². The van der Waals surface area contributed by atoms with Crippen LogP contribution in [0.1, 0.15) is 16.4 Å². The molecule has 0 amide bonds. The molecule has 2 N–H and O–H groups in total. The number of halogens is 5. The fourth-order valence-electron chi connectivity index (χ4n) is 2.57. The van der Waals surface area contributed by atoms with Gasteiger partial charge in [-0.1, -0.05) is 11.6 Å². The van der Waals surface area contributed by atoms with E-state index in [9.17, 15) is 14.2 Å². The molecule has 37 heavy (non-hydrogen) atoms. The van der Waals surface area contributed by atoms with E-state index >= 15 is 0 Å². The lowest BCUT2D eigenvalue weighted by atomic mass is 10.2. The number of H-pyrrole nitrogens is 2. The molecule has 0 bridgehead atoms. The van der Waals surface area contributed by atoms with Crippen molar-refractivity contribution in [2.75, 3.05) is 28.2 Å². The zero-order chi connectivity index (χ0) is 37.9. The smallest absolute Gasteiger partial charge is 0.339 e. The van der Waals surface area contributed by atoms with Crippen LogP contribution >= 0.6 is 62.1 Å². The average Bonchev–Trinajstić information content (AvgIpc) is 2.81. The Morgan fingerprint density at radius 2 is 1.27 bits per heavy atom. The Balaban J connectivity index is 0.000000299. The third-order valence-corrected chi connectivity index (χ3v) is 4.39. The Labute approximate surface area is 250 Å². The van der Waals surface area contributed by atoms with Crippen molar-refractivity contribution in [3.8, 4) is 23.0 Å². The normalized spacial score (nSPS) is 16.8. The largest absolute Gasteiger partial charge is 0.493 e. The topological polar surface area (TPSA) is 145 Å². The molecule has 0 saturated carbocycles. The summed E-state index contributed by atoms with van der Waals surface area (Å²) in [5.41, 5.74) is -1.43. The molecule has 0 aliphatic heterocycles. The van der Waals surface area contributed by atoms with Crippen molar-refractivity contribution in [1.29, 1.82) is 0 Å². The monoisotopic (exact) mass is 644 g/mol. The van der Waals surface area contributed by atoms with Crippen LogP contribution in [0.3, 0.4) is 0 Å². The van der Waals surface area contributed by atoms with Crippen LogP contribution in [-0.4, -0.2) is 48.1 Å². The summed E-state index contributed by atoms with van der Waals surface area (Å²) in [5.74, 6) is -1.54. The standard InChI is InChI=1S/C10H8Cl2N2O2.C10H10N2O4.Cl3OP/c1-15-7-3-5-6(4-8(7)16-2)13-10(12)14-9(5)11;1-15-7-3-5-6(4-8(7)16-2)11-10(14)12-9(5)13;1-5(2,3)4/h3-4H,1-2H3;3-4H,1-2H3,(H2,11,12,13,14);/i2*1D3,2D3;. The minimum atomic E-state index is -3.22. The van der Waals surface area contributed by atoms with Crippen molar-refractivity contribution in [1.82, 2.24) is 19.9 Å². The van der Waals surface area contributed by atoms with Crippen LogP contribution in [0.15, 0.2) is 33.9 Å². The van der Waals surface area contributed by atoms with Crippen molar-refractivity contribution < 1.29 is 40.0 Å². The first-order valence-corrected chi connectivity index (χ1v) is 14.0. The second-order valence-corrected chi connectivity index (χ2v) is 13.5. The first kappa shape index (κ1) is 17.2. The van der Waals surface area contributed by atoms with Gasteiger partial charge in [0.15, 0.2) is 23.0 Å². The highest BCUT2D eigenvalue weighted by molar-refractivity contribution is 8.24. The molecule has 2 aromatic carbocycles. The summed E-state index contributed by atoms with van der Waals surface area (Å²) in [6.07, 6.45) is 0. The summed E-state index contributed by atoms with van der Waals surface area (Å²) in [7, 11) is -11.4. The fraction of sp³-hybridized carbons (Fsp3) is 0.200. The number of nitrogens with zero attached hydrogens (tertiary/aromatic N) is 2. The second-order valence-electron chi connectivity index (χ2n) is 6.16. The van der Waals surface area contributed by atoms with Gasteiger partial charge in [0.05, 0.1) is 61.0 Å². The van der Waals surface area contributed by atoms with Gasteiger partial charge in [-0.25, -0.2) is 14.8 Å². The van der Waals surface area contributed by atoms with Gasteiger partial charge in [-0.05, 0) is 57.5 Å². The Hall–Kier alpha value is -2.40. The Morgan fingerprint density at radius 1 is 0.784 bits per heavy atom. The molecule has 0 spiro atoms. The van der Waals surface area contributed by atoms with Gasteiger partial charge >= 0.3 is 10.9 Å². The third kappa shape index (κ3) is 8.84. The van der Waals surface area contributed by atoms with Gasteiger partial charge in [0, 0.05) is 17.5 Å². The number of rotatable bonds is 4. The van der Waals surface area contributed by atoms with Gasteiger partial charge in [-0.15, -0.1) is 0 Å². The predicted molar refractivity (Wildman–Crippen MR) is 146 cm³/mol. The molecule has 0 fully saturated rings. The SMILES string of the molecule is O=P(Cl)(Cl)Cl.[2H]C([2H])([2H])Oc1cc2[nH]c(=O)[nH]c(=O)c2cc1OC([2H])([2H])[2H].[2H]C([2H])([2H])Oc1cc2nc(Cl)nc(Cl)c2cc1OC([2H])([2H])[2H]. The van der Waals surface area contributed by atoms with Gasteiger partial charge in [0.25, 0.3) is 5.56 Å². The average molecular weight is 647 g/mol. The van der Waals surface area contributed by atoms with Gasteiger partial charge in [0.2, 0.25) is 5.28 Å². The number of hydrogen-bond acceptors (Lipinski definition) is 9. The van der Waals surface area contributed by atoms with Crippen molar-refractivity contribution in [2.24, 2.45) is 0 Å². The van der Waals surface area contributed by atoms with Crippen LogP contribution in [-0.2, 0) is 4.57 Å². The number of aromatic nitrogens is 4. The second kappa shape index (κ2) is 13.4. The van der Waals surface area contributed by atoms with Crippen LogP contribution in [0.4, 0.5) is 0 Å². The number of nitrogens with one attached hydrogen (secondary N) is 2. The summed E-state index contributed by atoms with van der Waals surface area (Å²) < 4.78 is 113. The van der Waals surface area contributed by atoms with Crippen molar-refractivity contribution in [3.63, 3.8) is 0 Å². The lowest BCUT2D eigenvalue weighted by Crippen LogP contribution is -2.21. The van der Waals surface area contributed by atoms with Gasteiger partial charge in [-0.3, -0.25) is 14.3 Å². The summed E-state index contributed by atoms with van der Waals surface area (Å²) in [6, 6.07) is 4.35. The minimum absolute atomic E-state index is 0.0223. The maximum absolute atomic E-state index is 11.7. The van der Waals surface area contributed by atoms with Crippen molar-refractivity contribution >= 4 is 83.9 Å². The Kier molecular flexibility index (Phi) is 6.25. The molecule has 200 valence electrons. The molecule has 11 nitrogen and oxygen atoms in total. The number of methoxy groups -OCH3 is 4. The Morgan fingerprint density at radius 3 is 1.81 bits per heavy atom. The quantitative estimate of drug-likeness (QED) is 0.155. The molecule has 4 aromatic rings. The van der Waals surface area contributed by atoms with Crippen LogP contribution < -0.4 is 30.2 Å². The van der Waals surface area contributed by atoms with E-state index < -0.39 is 56.1 Å². The lowest BCUT2D eigenvalue weighted by molar-refractivity contribution is 0.355. The summed E-state index contributed by atoms with van der Waals surface area (Å²) >= 11 is 25.4. The van der Waals surface area contributed by atoms with Crippen LogP contribution in [0.2, 0.25) is 10.4 Å². The molecular formula is C20H18Cl5N4O7P. The van der Waals surface area contributed by atoms with Crippen molar-refractivity contribution in [3.05, 3.63) is 55.5 Å². The minimum Gasteiger partial charge on any atom is -0.493 e. The highest BCUT2D eigenvalue weighted by Crippen LogP contribution is 2.61. The number of benzene rings is 2. The molecule has 0 radical (unpaired) electrons. The molecule has 2 aromatic heterocycles. The van der Waals surface area contributed by atoms with Crippen molar-refractivity contribution in [2.45, 2.75) is 0 Å². The molecule has 2 heterocycles. The van der Waals surface area contributed by atoms with E-state index in [0.717, 1.165) is 12.1 Å². The number of ether oxygens (including phenoxy) is 4. The molecule has 0 atom stereocenters. The highest BCUT2D eigenvalue weighted by Gasteiger charge is 2.11. The van der Waals surface area contributed by atoms with E-state index in [1.807, 2.05) is 4.98 Å². The first-order chi connectivity index (χ1) is 21.9. The van der Waals surface area contributed by atoms with Gasteiger partial charge in [0.1, 0.15) is 5.15 Å². The molecule has 17 heteroatoms. The Bertz CT molecular complexity index is 1970. The zero-order valence-corrected chi connectivity index (χ0v) is 22.1. The zero-order valence-electron chi connectivity index (χ0n) is 29.4. The molecule has 0 saturated heterocycles. The molecular weight excluding hydrogens is 616 g/mol. The molecule has 0 aliphatic carbocycles. The summed E-state index contributed by atoms with van der Waals surface area (Å²) in [5, 5.41) is -3.26. The van der Waals surface area contributed by atoms with Crippen LogP contribution in [0.5, 0.6) is 23.0 Å². The number of fused-ring (bicyclic) bond motifs is 2. The maximum atomic E-state index is 11.7. The van der Waals surface area contributed by atoms with Crippen LogP contribution in [0, 0.1) is 0 Å². The third-order valence-electron chi connectivity index (χ3n) is 3.93. The number of aromatic amines is 2. The van der Waals surface area contributed by atoms with Crippen LogP contribution in [0.25, 0.3) is 21.8 Å². The number of hydrogen-bond donors (Lipinski definition) is 2. The molecule has 0 aliphatic rings. The van der Waals surface area contributed by atoms with E-state index in [1.165, 1.54) is 12.1 Å². The van der Waals surface area contributed by atoms with E-state index in [2.05, 4.69) is 58.1 Å². The predicted octanol–water partition coefficient (Wildman–Crippen LogP) is 6.00. The summed E-state index contributed by atoms with van der Waals surface area (Å²) in [4.78, 5) is 34.7. The van der Waals surface area contributed by atoms with E-state index in [-0.39, 0.29) is 43.7 Å². The van der Waals surface area contributed by atoms with E-state index in [0.29, 0.717) is 0 Å². The fourth-order valence-corrected chi connectivity index (χ4v) is 3.02. The maximum Gasteiger partial charge on any atom is 0.339 e. The van der Waals surface area contributed by atoms with Gasteiger partial charge < -0.3 is 23.9 Å². The highest BCUT2D eigenvalue weighted by atomic mass is 36.0. The molecule has 4 rings (SSSR count). The lowest BCUT2D eigenvalue weighted by Gasteiger charge is -2.09. The first-order valence-electron chi connectivity index (χ1n) is 14.8. The molecule has 0 unspecified atom stereocenters. The van der Waals surface area contributed by atoms with Gasteiger partial charge in [-0.2, -0.15) is 0 Å². The summed E-state index contributed by atoms with van der Waals surface area (Å²) in [6.45, 7) is 0. The van der Waals surface area contributed by atoms with E-state index in [4.69, 9.17) is 49.1 Å².